The SMILES string of the molecule is NCCc1cnc[nH]1.NCCc1cnc[nH]1.NCCc1cnc[nH]1.NCCc1cnc[nH]1.NCCc1cnc[nH]1.NCCc1cnc[nH]1. The van der Waals surface area contributed by atoms with Crippen LogP contribution in [0.15, 0.2) is 75.1 Å². The van der Waals surface area contributed by atoms with E-state index >= 15 is 0 Å². The van der Waals surface area contributed by atoms with Gasteiger partial charge in [-0.3, -0.25) is 0 Å². The van der Waals surface area contributed by atoms with Crippen molar-refractivity contribution < 1.29 is 0 Å². The maximum atomic E-state index is 5.27. The molecule has 0 saturated carbocycles. The third-order valence-corrected chi connectivity index (χ3v) is 5.81. The lowest BCUT2D eigenvalue weighted by atomic mass is 10.3. The fourth-order valence-electron chi connectivity index (χ4n) is 3.46. The van der Waals surface area contributed by atoms with Crippen molar-refractivity contribution in [2.24, 2.45) is 34.4 Å². The van der Waals surface area contributed by atoms with Gasteiger partial charge in [0.15, 0.2) is 0 Å². The Labute approximate surface area is 281 Å². The van der Waals surface area contributed by atoms with Crippen molar-refractivity contribution in [3.8, 4) is 0 Å². The van der Waals surface area contributed by atoms with Crippen LogP contribution in [-0.4, -0.2) is 99.1 Å². The average Bonchev–Trinajstić information content (AvgIpc) is 3.93. The number of nitrogens with two attached hydrogens (primary N) is 6. The molecule has 0 aliphatic heterocycles. The highest BCUT2D eigenvalue weighted by Gasteiger charge is 1.90. The smallest absolute Gasteiger partial charge is 0.0921 e. The molecule has 6 aromatic heterocycles. The summed E-state index contributed by atoms with van der Waals surface area (Å²) in [5, 5.41) is 0. The lowest BCUT2D eigenvalue weighted by Gasteiger charge is -1.86. The van der Waals surface area contributed by atoms with Crippen molar-refractivity contribution in [2.75, 3.05) is 39.3 Å². The first kappa shape index (κ1) is 41.0. The van der Waals surface area contributed by atoms with E-state index in [1.165, 1.54) is 0 Å². The van der Waals surface area contributed by atoms with Crippen LogP contribution in [0.25, 0.3) is 0 Å². The molecule has 0 fully saturated rings. The average molecular weight is 667 g/mol. The van der Waals surface area contributed by atoms with E-state index in [-0.39, 0.29) is 0 Å². The number of rotatable bonds is 12. The molecule has 0 unspecified atom stereocenters. The molecular formula is C30H54N18. The third kappa shape index (κ3) is 21.7. The van der Waals surface area contributed by atoms with Crippen LogP contribution in [0.3, 0.4) is 0 Å². The van der Waals surface area contributed by atoms with Crippen LogP contribution in [0.2, 0.25) is 0 Å². The second kappa shape index (κ2) is 29.4. The van der Waals surface area contributed by atoms with Crippen molar-refractivity contribution in [1.82, 2.24) is 59.8 Å². The summed E-state index contributed by atoms with van der Waals surface area (Å²) in [4.78, 5) is 40.7. The van der Waals surface area contributed by atoms with Gasteiger partial charge in [-0.05, 0) is 39.3 Å². The number of hydrogen-bond donors (Lipinski definition) is 12. The molecule has 0 atom stereocenters. The van der Waals surface area contributed by atoms with Crippen molar-refractivity contribution in [3.63, 3.8) is 0 Å². The maximum absolute atomic E-state index is 5.27. The van der Waals surface area contributed by atoms with Crippen molar-refractivity contribution >= 4 is 0 Å². The summed E-state index contributed by atoms with van der Waals surface area (Å²) in [6.07, 6.45) is 26.0. The molecule has 6 rings (SSSR count). The van der Waals surface area contributed by atoms with E-state index in [1.807, 2.05) is 0 Å². The van der Waals surface area contributed by atoms with Crippen LogP contribution < -0.4 is 34.4 Å². The minimum atomic E-state index is 0.683. The molecule has 0 aliphatic carbocycles. The normalized spacial score (nSPS) is 9.62. The lowest BCUT2D eigenvalue weighted by Crippen LogP contribution is -2.02. The van der Waals surface area contributed by atoms with Crippen LogP contribution in [0.4, 0.5) is 0 Å². The van der Waals surface area contributed by atoms with E-state index in [2.05, 4.69) is 59.8 Å². The summed E-state index contributed by atoms with van der Waals surface area (Å²) in [5.74, 6) is 0. The van der Waals surface area contributed by atoms with Gasteiger partial charge in [0.05, 0.1) is 38.0 Å². The Morgan fingerprint density at radius 1 is 0.292 bits per heavy atom. The highest BCUT2D eigenvalue weighted by atomic mass is 14.9. The Bertz CT molecular complexity index is 1080. The van der Waals surface area contributed by atoms with Crippen LogP contribution in [0, 0.1) is 0 Å². The summed E-state index contributed by atoms with van der Waals surface area (Å²) in [7, 11) is 0. The molecule has 18 heteroatoms. The number of nitrogens with one attached hydrogen (secondary N) is 6. The summed E-state index contributed by atoms with van der Waals surface area (Å²) in [6, 6.07) is 0. The van der Waals surface area contributed by atoms with Crippen LogP contribution in [-0.2, 0) is 38.5 Å². The number of aromatic amines is 6. The molecule has 18 N–H and O–H groups in total. The molecule has 18 nitrogen and oxygen atoms in total. The largest absolute Gasteiger partial charge is 0.348 e. The second-order valence-electron chi connectivity index (χ2n) is 9.69. The van der Waals surface area contributed by atoms with Crippen LogP contribution in [0.1, 0.15) is 34.2 Å². The molecule has 6 aromatic rings. The molecule has 6 heterocycles. The van der Waals surface area contributed by atoms with E-state index in [4.69, 9.17) is 34.4 Å². The van der Waals surface area contributed by atoms with Gasteiger partial charge in [0.1, 0.15) is 0 Å². The minimum Gasteiger partial charge on any atom is -0.348 e. The maximum Gasteiger partial charge on any atom is 0.0921 e. The highest BCUT2D eigenvalue weighted by Crippen LogP contribution is 1.91. The Hall–Kier alpha value is -4.98. The Balaban J connectivity index is 0.000000288. The molecule has 0 saturated heterocycles. The quantitative estimate of drug-likeness (QED) is 0.0784. The van der Waals surface area contributed by atoms with E-state index in [1.54, 1.807) is 75.1 Å². The van der Waals surface area contributed by atoms with Crippen molar-refractivity contribution in [2.45, 2.75) is 38.5 Å². The zero-order valence-corrected chi connectivity index (χ0v) is 27.6. The van der Waals surface area contributed by atoms with E-state index in [9.17, 15) is 0 Å². The van der Waals surface area contributed by atoms with Crippen LogP contribution in [0.5, 0.6) is 0 Å². The summed E-state index contributed by atoms with van der Waals surface area (Å²) in [5.41, 5.74) is 38.3. The molecular weight excluding hydrogens is 612 g/mol. The standard InChI is InChI=1S/6C5H9N3/c6*6-2-1-5-3-7-4-8-5/h6*3-4H,1-2,6H2,(H,7,8). The van der Waals surface area contributed by atoms with Crippen molar-refractivity contribution in [3.05, 3.63) is 109 Å². The Morgan fingerprint density at radius 2 is 0.438 bits per heavy atom. The number of imidazole rings is 6. The highest BCUT2D eigenvalue weighted by molar-refractivity contribution is 4.96. The van der Waals surface area contributed by atoms with Gasteiger partial charge in [-0.25, -0.2) is 29.9 Å². The first-order chi connectivity index (χ1) is 23.6. The van der Waals surface area contributed by atoms with Gasteiger partial charge in [-0.2, -0.15) is 0 Å². The zero-order valence-electron chi connectivity index (χ0n) is 27.6. The van der Waals surface area contributed by atoms with Gasteiger partial charge in [0.25, 0.3) is 0 Å². The minimum absolute atomic E-state index is 0.683. The number of aromatic nitrogens is 12. The van der Waals surface area contributed by atoms with Gasteiger partial charge >= 0.3 is 0 Å². The molecule has 0 radical (unpaired) electrons. The third-order valence-electron chi connectivity index (χ3n) is 5.81. The molecule has 0 aliphatic rings. The van der Waals surface area contributed by atoms with E-state index in [0.29, 0.717) is 39.3 Å². The summed E-state index contributed by atoms with van der Waals surface area (Å²) >= 11 is 0. The first-order valence-electron chi connectivity index (χ1n) is 15.6. The van der Waals surface area contributed by atoms with Gasteiger partial charge in [0.2, 0.25) is 0 Å². The summed E-state index contributed by atoms with van der Waals surface area (Å²) in [6.45, 7) is 4.10. The van der Waals surface area contributed by atoms with E-state index < -0.39 is 0 Å². The molecule has 0 aromatic carbocycles. The molecule has 0 spiro atoms. The molecule has 48 heavy (non-hydrogen) atoms. The van der Waals surface area contributed by atoms with Crippen molar-refractivity contribution in [1.29, 1.82) is 0 Å². The fraction of sp³-hybridized carbons (Fsp3) is 0.400. The topological polar surface area (TPSA) is 328 Å². The Morgan fingerprint density at radius 3 is 0.521 bits per heavy atom. The predicted octanol–water partition coefficient (Wildman–Crippen LogP) is -0.535. The zero-order chi connectivity index (χ0) is 34.9. The number of nitrogens with zero attached hydrogens (tertiary/aromatic N) is 6. The Kier molecular flexibility index (Phi) is 25.2. The van der Waals surface area contributed by atoms with Crippen LogP contribution >= 0.6 is 0 Å². The van der Waals surface area contributed by atoms with Gasteiger partial charge in [-0.1, -0.05) is 0 Å². The molecule has 264 valence electrons. The molecule has 0 bridgehead atoms. The molecule has 0 amide bonds. The predicted molar refractivity (Wildman–Crippen MR) is 188 cm³/mol. The lowest BCUT2D eigenvalue weighted by molar-refractivity contribution is 0.935. The number of hydrogen-bond acceptors (Lipinski definition) is 12. The first-order valence-corrected chi connectivity index (χ1v) is 15.6. The van der Waals surface area contributed by atoms with Gasteiger partial charge < -0.3 is 64.3 Å². The fourth-order valence-corrected chi connectivity index (χ4v) is 3.46. The summed E-state index contributed by atoms with van der Waals surface area (Å²) < 4.78 is 0. The van der Waals surface area contributed by atoms with E-state index in [0.717, 1.165) is 72.7 Å². The monoisotopic (exact) mass is 666 g/mol. The van der Waals surface area contributed by atoms with Gasteiger partial charge in [-0.15, -0.1) is 0 Å². The number of H-pyrrole nitrogens is 6. The van der Waals surface area contributed by atoms with Gasteiger partial charge in [0, 0.05) is 110 Å². The second-order valence-corrected chi connectivity index (χ2v) is 9.69.